The topological polar surface area (TPSA) is 12.0 Å². The van der Waals surface area contributed by atoms with Gasteiger partial charge < -0.3 is 5.32 Å². The molecule has 1 heterocycles. The van der Waals surface area contributed by atoms with Crippen LogP contribution in [0.25, 0.3) is 0 Å². The molecule has 3 rings (SSSR count). The second kappa shape index (κ2) is 6.31. The Balaban J connectivity index is 1.83. The number of nitrogens with one attached hydrogen (secondary N) is 1. The minimum atomic E-state index is -0.107. The highest BCUT2D eigenvalue weighted by Crippen LogP contribution is 2.42. The molecule has 0 bridgehead atoms. The first-order valence-corrected chi connectivity index (χ1v) is 8.27. The van der Waals surface area contributed by atoms with Gasteiger partial charge in [0.1, 0.15) is 5.82 Å². The van der Waals surface area contributed by atoms with Crippen LogP contribution in [-0.2, 0) is 0 Å². The Morgan fingerprint density at radius 3 is 2.90 bits per heavy atom. The van der Waals surface area contributed by atoms with Gasteiger partial charge in [-0.1, -0.05) is 30.7 Å². The average molecular weight is 287 g/mol. The summed E-state index contributed by atoms with van der Waals surface area (Å²) in [7, 11) is 0. The minimum Gasteiger partial charge on any atom is -0.316 e. The Morgan fingerprint density at radius 1 is 1.29 bits per heavy atom. The molecule has 1 N–H and O–H groups in total. The number of rotatable bonds is 2. The summed E-state index contributed by atoms with van der Waals surface area (Å²) < 4.78 is 13.6. The third kappa shape index (κ3) is 3.37. The summed E-state index contributed by atoms with van der Waals surface area (Å²) in [6.45, 7) is 6.68. The third-order valence-electron chi connectivity index (χ3n) is 5.25. The quantitative estimate of drug-likeness (QED) is 0.789. The van der Waals surface area contributed by atoms with Gasteiger partial charge in [-0.2, -0.15) is 0 Å². The highest BCUT2D eigenvalue weighted by Gasteiger charge is 2.34. The minimum absolute atomic E-state index is 0.107. The molecule has 0 spiro atoms. The molecule has 4 unspecified atom stereocenters. The molecule has 0 saturated carbocycles. The van der Waals surface area contributed by atoms with Crippen molar-refractivity contribution in [3.8, 4) is 0 Å². The number of piperidine rings is 1. The van der Waals surface area contributed by atoms with E-state index in [-0.39, 0.29) is 5.82 Å². The van der Waals surface area contributed by atoms with Gasteiger partial charge in [0, 0.05) is 6.54 Å². The molecule has 2 heteroatoms. The SMILES string of the molecule is CC1=CC(C)CC(C2CCNCC2c2cccc(F)c2)C1. The molecule has 1 aromatic rings. The molecule has 1 aliphatic heterocycles. The van der Waals surface area contributed by atoms with Gasteiger partial charge in [0.15, 0.2) is 0 Å². The largest absolute Gasteiger partial charge is 0.316 e. The molecule has 1 nitrogen and oxygen atoms in total. The zero-order chi connectivity index (χ0) is 14.8. The van der Waals surface area contributed by atoms with E-state index < -0.39 is 0 Å². The van der Waals surface area contributed by atoms with Gasteiger partial charge in [0.2, 0.25) is 0 Å². The van der Waals surface area contributed by atoms with E-state index in [0.29, 0.717) is 17.8 Å². The van der Waals surface area contributed by atoms with E-state index in [2.05, 4.69) is 31.3 Å². The van der Waals surface area contributed by atoms with Crippen molar-refractivity contribution in [3.63, 3.8) is 0 Å². The normalized spacial score (nSPS) is 33.6. The average Bonchev–Trinajstić information content (AvgIpc) is 2.46. The Morgan fingerprint density at radius 2 is 2.14 bits per heavy atom. The molecule has 0 aromatic heterocycles. The lowest BCUT2D eigenvalue weighted by molar-refractivity contribution is 0.194. The van der Waals surface area contributed by atoms with Crippen molar-refractivity contribution in [2.45, 2.75) is 39.0 Å². The molecule has 114 valence electrons. The summed E-state index contributed by atoms with van der Waals surface area (Å²) in [6, 6.07) is 7.23. The van der Waals surface area contributed by atoms with Crippen molar-refractivity contribution >= 4 is 0 Å². The first kappa shape index (κ1) is 14.8. The molecule has 1 aliphatic carbocycles. The summed E-state index contributed by atoms with van der Waals surface area (Å²) in [6.07, 6.45) is 6.15. The summed E-state index contributed by atoms with van der Waals surface area (Å²) in [5.74, 6) is 2.47. The Hall–Kier alpha value is -1.15. The molecule has 1 saturated heterocycles. The van der Waals surface area contributed by atoms with Crippen LogP contribution in [0.4, 0.5) is 4.39 Å². The molecule has 0 amide bonds. The summed E-state index contributed by atoms with van der Waals surface area (Å²) in [5, 5.41) is 3.51. The van der Waals surface area contributed by atoms with Crippen LogP contribution in [-0.4, -0.2) is 13.1 Å². The van der Waals surface area contributed by atoms with Crippen LogP contribution >= 0.6 is 0 Å². The van der Waals surface area contributed by atoms with Crippen LogP contribution in [0.15, 0.2) is 35.9 Å². The lowest BCUT2D eigenvalue weighted by Gasteiger charge is -2.40. The van der Waals surface area contributed by atoms with Crippen molar-refractivity contribution in [1.82, 2.24) is 5.32 Å². The predicted molar refractivity (Wildman–Crippen MR) is 85.8 cm³/mol. The van der Waals surface area contributed by atoms with Crippen LogP contribution in [0.3, 0.4) is 0 Å². The van der Waals surface area contributed by atoms with E-state index in [9.17, 15) is 4.39 Å². The van der Waals surface area contributed by atoms with Crippen molar-refractivity contribution in [3.05, 3.63) is 47.3 Å². The summed E-state index contributed by atoms with van der Waals surface area (Å²) in [4.78, 5) is 0. The molecule has 2 aliphatic rings. The van der Waals surface area contributed by atoms with Crippen LogP contribution < -0.4 is 5.32 Å². The molecule has 4 atom stereocenters. The summed E-state index contributed by atoms with van der Waals surface area (Å²) in [5.41, 5.74) is 2.71. The fourth-order valence-electron chi connectivity index (χ4n) is 4.47. The van der Waals surface area contributed by atoms with Gasteiger partial charge in [0.05, 0.1) is 0 Å². The third-order valence-corrected chi connectivity index (χ3v) is 5.25. The maximum absolute atomic E-state index is 13.6. The number of allylic oxidation sites excluding steroid dienone is 2. The number of hydrogen-bond donors (Lipinski definition) is 1. The fourth-order valence-corrected chi connectivity index (χ4v) is 4.47. The molecular weight excluding hydrogens is 261 g/mol. The second-order valence-corrected chi connectivity index (χ2v) is 7.01. The molecule has 21 heavy (non-hydrogen) atoms. The van der Waals surface area contributed by atoms with E-state index in [4.69, 9.17) is 0 Å². The van der Waals surface area contributed by atoms with E-state index in [0.717, 1.165) is 19.0 Å². The lowest BCUT2D eigenvalue weighted by atomic mass is 9.68. The van der Waals surface area contributed by atoms with Crippen LogP contribution in [0, 0.1) is 23.6 Å². The van der Waals surface area contributed by atoms with E-state index in [1.165, 1.54) is 30.4 Å². The maximum Gasteiger partial charge on any atom is 0.123 e. The number of hydrogen-bond acceptors (Lipinski definition) is 1. The van der Waals surface area contributed by atoms with Gasteiger partial charge in [-0.25, -0.2) is 4.39 Å². The van der Waals surface area contributed by atoms with Gasteiger partial charge in [-0.15, -0.1) is 0 Å². The maximum atomic E-state index is 13.6. The van der Waals surface area contributed by atoms with Crippen molar-refractivity contribution in [2.75, 3.05) is 13.1 Å². The second-order valence-electron chi connectivity index (χ2n) is 7.01. The Bertz CT molecular complexity index is 522. The van der Waals surface area contributed by atoms with Crippen molar-refractivity contribution in [2.24, 2.45) is 17.8 Å². The van der Waals surface area contributed by atoms with Gasteiger partial charge in [0.25, 0.3) is 0 Å². The zero-order valence-electron chi connectivity index (χ0n) is 13.1. The molecular formula is C19H26FN. The fraction of sp³-hybridized carbons (Fsp3) is 0.579. The van der Waals surface area contributed by atoms with Crippen LogP contribution in [0.1, 0.15) is 44.6 Å². The van der Waals surface area contributed by atoms with Crippen LogP contribution in [0.2, 0.25) is 0 Å². The molecule has 0 radical (unpaired) electrons. The van der Waals surface area contributed by atoms with Crippen molar-refractivity contribution in [1.29, 1.82) is 0 Å². The van der Waals surface area contributed by atoms with Crippen LogP contribution in [0.5, 0.6) is 0 Å². The highest BCUT2D eigenvalue weighted by molar-refractivity contribution is 5.23. The smallest absolute Gasteiger partial charge is 0.123 e. The van der Waals surface area contributed by atoms with E-state index in [1.54, 1.807) is 12.1 Å². The van der Waals surface area contributed by atoms with E-state index >= 15 is 0 Å². The standard InChI is InChI=1S/C19H26FN/c1-13-8-14(2)10-16(9-13)18-6-7-21-12-19(18)15-4-3-5-17(20)11-15/h3-5,8,11,13,16,18-19,21H,6-7,9-10,12H2,1-2H3. The molecule has 1 aromatic carbocycles. The molecule has 1 fully saturated rings. The number of benzene rings is 1. The predicted octanol–water partition coefficient (Wildman–Crippen LogP) is 4.51. The Kier molecular flexibility index (Phi) is 4.44. The van der Waals surface area contributed by atoms with Gasteiger partial charge in [-0.3, -0.25) is 0 Å². The van der Waals surface area contributed by atoms with Gasteiger partial charge >= 0.3 is 0 Å². The monoisotopic (exact) mass is 287 g/mol. The highest BCUT2D eigenvalue weighted by atomic mass is 19.1. The van der Waals surface area contributed by atoms with Crippen molar-refractivity contribution < 1.29 is 4.39 Å². The zero-order valence-corrected chi connectivity index (χ0v) is 13.1. The van der Waals surface area contributed by atoms with Gasteiger partial charge in [-0.05, 0) is 74.1 Å². The first-order chi connectivity index (χ1) is 10.1. The first-order valence-electron chi connectivity index (χ1n) is 8.27. The Labute approximate surface area is 127 Å². The summed E-state index contributed by atoms with van der Waals surface area (Å²) >= 11 is 0. The lowest BCUT2D eigenvalue weighted by Crippen LogP contribution is -2.39. The number of halogens is 1. The van der Waals surface area contributed by atoms with E-state index in [1.807, 2.05) is 6.07 Å².